The number of piperidine rings is 1. The van der Waals surface area contributed by atoms with Crippen LogP contribution in [0.25, 0.3) is 0 Å². The lowest BCUT2D eigenvalue weighted by Gasteiger charge is -2.34. The lowest BCUT2D eigenvalue weighted by atomic mass is 9.96. The molecule has 1 aliphatic rings. The van der Waals surface area contributed by atoms with Crippen molar-refractivity contribution in [1.29, 1.82) is 0 Å². The first-order valence-corrected chi connectivity index (χ1v) is 6.38. The SMILES string of the molecule is CC(C)N1CCCC(c2noc(CCO)n2)C1. The zero-order valence-electron chi connectivity index (χ0n) is 10.6. The summed E-state index contributed by atoms with van der Waals surface area (Å²) in [6.45, 7) is 6.67. The van der Waals surface area contributed by atoms with Crippen molar-refractivity contribution >= 4 is 0 Å². The standard InChI is InChI=1S/C12H21N3O2/c1-9(2)15-6-3-4-10(8-15)12-13-11(5-7-16)17-14-12/h9-10,16H,3-8H2,1-2H3. The molecular formula is C12H21N3O2. The number of nitrogens with zero attached hydrogens (tertiary/aromatic N) is 3. The summed E-state index contributed by atoms with van der Waals surface area (Å²) in [5.41, 5.74) is 0. The molecule has 2 heterocycles. The van der Waals surface area contributed by atoms with Crippen molar-refractivity contribution in [2.45, 2.75) is 45.1 Å². The minimum Gasteiger partial charge on any atom is -0.396 e. The predicted molar refractivity (Wildman–Crippen MR) is 63.8 cm³/mol. The second-order valence-electron chi connectivity index (χ2n) is 4.95. The molecule has 96 valence electrons. The number of rotatable bonds is 4. The third-order valence-electron chi connectivity index (χ3n) is 3.36. The van der Waals surface area contributed by atoms with Crippen LogP contribution >= 0.6 is 0 Å². The van der Waals surface area contributed by atoms with E-state index in [4.69, 9.17) is 9.63 Å². The van der Waals surface area contributed by atoms with Crippen LogP contribution in [-0.2, 0) is 6.42 Å². The Bertz CT molecular complexity index is 351. The summed E-state index contributed by atoms with van der Waals surface area (Å²) in [6, 6.07) is 0.571. The first kappa shape index (κ1) is 12.5. The van der Waals surface area contributed by atoms with Crippen LogP contribution in [0.4, 0.5) is 0 Å². The van der Waals surface area contributed by atoms with E-state index in [1.54, 1.807) is 0 Å². The van der Waals surface area contributed by atoms with E-state index in [0.717, 1.165) is 25.3 Å². The molecule has 1 N–H and O–H groups in total. The van der Waals surface area contributed by atoms with Gasteiger partial charge in [-0.05, 0) is 33.2 Å². The Morgan fingerprint density at radius 2 is 2.35 bits per heavy atom. The monoisotopic (exact) mass is 239 g/mol. The van der Waals surface area contributed by atoms with Crippen molar-refractivity contribution in [2.24, 2.45) is 0 Å². The van der Waals surface area contributed by atoms with E-state index in [-0.39, 0.29) is 6.61 Å². The molecule has 1 unspecified atom stereocenters. The summed E-state index contributed by atoms with van der Waals surface area (Å²) in [5.74, 6) is 1.73. The zero-order chi connectivity index (χ0) is 12.3. The molecule has 0 amide bonds. The highest BCUT2D eigenvalue weighted by Crippen LogP contribution is 2.25. The first-order valence-electron chi connectivity index (χ1n) is 6.38. The van der Waals surface area contributed by atoms with Crippen molar-refractivity contribution in [3.63, 3.8) is 0 Å². The average molecular weight is 239 g/mol. The van der Waals surface area contributed by atoms with Crippen molar-refractivity contribution in [3.05, 3.63) is 11.7 Å². The number of aliphatic hydroxyl groups is 1. The van der Waals surface area contributed by atoms with E-state index in [9.17, 15) is 0 Å². The van der Waals surface area contributed by atoms with Gasteiger partial charge in [0.15, 0.2) is 5.82 Å². The van der Waals surface area contributed by atoms with Gasteiger partial charge in [0.1, 0.15) is 0 Å². The normalized spacial score (nSPS) is 22.2. The number of hydrogen-bond donors (Lipinski definition) is 1. The van der Waals surface area contributed by atoms with Crippen LogP contribution in [-0.4, -0.2) is 45.9 Å². The zero-order valence-corrected chi connectivity index (χ0v) is 10.6. The van der Waals surface area contributed by atoms with Gasteiger partial charge < -0.3 is 14.5 Å². The largest absolute Gasteiger partial charge is 0.396 e. The molecule has 0 spiro atoms. The van der Waals surface area contributed by atoms with Crippen molar-refractivity contribution in [3.8, 4) is 0 Å². The van der Waals surface area contributed by atoms with E-state index < -0.39 is 0 Å². The Balaban J connectivity index is 2.00. The summed E-state index contributed by atoms with van der Waals surface area (Å²) in [6.07, 6.45) is 2.77. The molecule has 0 aliphatic carbocycles. The molecule has 2 rings (SSSR count). The van der Waals surface area contributed by atoms with E-state index in [0.29, 0.717) is 24.3 Å². The van der Waals surface area contributed by atoms with Gasteiger partial charge in [-0.2, -0.15) is 4.98 Å². The van der Waals surface area contributed by atoms with E-state index in [2.05, 4.69) is 28.9 Å². The highest BCUT2D eigenvalue weighted by molar-refractivity contribution is 4.99. The van der Waals surface area contributed by atoms with Crippen LogP contribution in [0.3, 0.4) is 0 Å². The Kier molecular flexibility index (Phi) is 4.12. The lowest BCUT2D eigenvalue weighted by molar-refractivity contribution is 0.163. The first-order chi connectivity index (χ1) is 8.20. The van der Waals surface area contributed by atoms with E-state index in [1.165, 1.54) is 6.42 Å². The van der Waals surface area contributed by atoms with E-state index >= 15 is 0 Å². The summed E-state index contributed by atoms with van der Waals surface area (Å²) < 4.78 is 5.11. The number of likely N-dealkylation sites (tertiary alicyclic amines) is 1. The molecule has 1 fully saturated rings. The van der Waals surface area contributed by atoms with Crippen molar-refractivity contribution < 1.29 is 9.63 Å². The second-order valence-corrected chi connectivity index (χ2v) is 4.95. The molecule has 1 atom stereocenters. The number of aromatic nitrogens is 2. The van der Waals surface area contributed by atoms with Gasteiger partial charge in [-0.3, -0.25) is 0 Å². The van der Waals surface area contributed by atoms with Gasteiger partial charge >= 0.3 is 0 Å². The van der Waals surface area contributed by atoms with Gasteiger partial charge in [0.25, 0.3) is 0 Å². The van der Waals surface area contributed by atoms with Crippen LogP contribution in [0, 0.1) is 0 Å². The lowest BCUT2D eigenvalue weighted by Crippen LogP contribution is -2.39. The van der Waals surface area contributed by atoms with Crippen molar-refractivity contribution in [2.75, 3.05) is 19.7 Å². The maximum atomic E-state index is 8.82. The molecule has 1 aromatic heterocycles. The Morgan fingerprint density at radius 3 is 3.06 bits per heavy atom. The molecule has 1 saturated heterocycles. The van der Waals surface area contributed by atoms with E-state index in [1.807, 2.05) is 0 Å². The molecule has 1 aliphatic heterocycles. The molecule has 17 heavy (non-hydrogen) atoms. The topological polar surface area (TPSA) is 62.4 Å². The Labute approximate surface area is 102 Å². The fourth-order valence-electron chi connectivity index (χ4n) is 2.32. The van der Waals surface area contributed by atoms with Gasteiger partial charge in [-0.25, -0.2) is 0 Å². The summed E-state index contributed by atoms with van der Waals surface area (Å²) in [7, 11) is 0. The maximum Gasteiger partial charge on any atom is 0.228 e. The van der Waals surface area contributed by atoms with Gasteiger partial charge in [0.05, 0.1) is 13.0 Å². The maximum absolute atomic E-state index is 8.82. The highest BCUT2D eigenvalue weighted by Gasteiger charge is 2.26. The molecule has 0 saturated carbocycles. The summed E-state index contributed by atoms with van der Waals surface area (Å²) in [5, 5.41) is 12.8. The van der Waals surface area contributed by atoms with Gasteiger partial charge in [-0.15, -0.1) is 0 Å². The molecule has 1 aromatic rings. The van der Waals surface area contributed by atoms with Gasteiger partial charge in [0.2, 0.25) is 5.89 Å². The van der Waals surface area contributed by atoms with Crippen molar-refractivity contribution in [1.82, 2.24) is 15.0 Å². The fraction of sp³-hybridized carbons (Fsp3) is 0.833. The molecular weight excluding hydrogens is 218 g/mol. The van der Waals surface area contributed by atoms with Gasteiger partial charge in [-0.1, -0.05) is 5.16 Å². The fourth-order valence-corrected chi connectivity index (χ4v) is 2.32. The summed E-state index contributed by atoms with van der Waals surface area (Å²) in [4.78, 5) is 6.81. The van der Waals surface area contributed by atoms with Gasteiger partial charge in [0, 0.05) is 18.5 Å². The molecule has 0 radical (unpaired) electrons. The second kappa shape index (κ2) is 5.60. The van der Waals surface area contributed by atoms with Crippen LogP contribution in [0.5, 0.6) is 0 Å². The average Bonchev–Trinajstić information content (AvgIpc) is 2.78. The molecule has 5 heteroatoms. The van der Waals surface area contributed by atoms with Crippen LogP contribution < -0.4 is 0 Å². The Morgan fingerprint density at radius 1 is 1.53 bits per heavy atom. The van der Waals surface area contributed by atoms with Crippen LogP contribution in [0.2, 0.25) is 0 Å². The third kappa shape index (κ3) is 3.04. The summed E-state index contributed by atoms with van der Waals surface area (Å²) >= 11 is 0. The quantitative estimate of drug-likeness (QED) is 0.855. The highest BCUT2D eigenvalue weighted by atomic mass is 16.5. The molecule has 5 nitrogen and oxygen atoms in total. The van der Waals surface area contributed by atoms with Crippen LogP contribution in [0.15, 0.2) is 4.52 Å². The third-order valence-corrected chi connectivity index (χ3v) is 3.36. The number of hydrogen-bond acceptors (Lipinski definition) is 5. The smallest absolute Gasteiger partial charge is 0.228 e. The Hall–Kier alpha value is -0.940. The minimum absolute atomic E-state index is 0.0599. The molecule has 0 aromatic carbocycles. The molecule has 0 bridgehead atoms. The number of aliphatic hydroxyl groups excluding tert-OH is 1. The van der Waals surface area contributed by atoms with Crippen LogP contribution in [0.1, 0.15) is 44.3 Å². The minimum atomic E-state index is 0.0599. The predicted octanol–water partition coefficient (Wildman–Crippen LogP) is 1.19.